The van der Waals surface area contributed by atoms with Gasteiger partial charge in [-0.25, -0.2) is 9.97 Å². The van der Waals surface area contributed by atoms with E-state index in [1.807, 2.05) is 4.90 Å². The van der Waals surface area contributed by atoms with E-state index in [1.54, 1.807) is 6.33 Å². The molecule has 2 aliphatic rings. The number of anilines is 2. The molecule has 3 heterocycles. The second-order valence-corrected chi connectivity index (χ2v) is 6.06. The fourth-order valence-corrected chi connectivity index (χ4v) is 3.14. The van der Waals surface area contributed by atoms with E-state index in [9.17, 15) is 4.79 Å². The van der Waals surface area contributed by atoms with Gasteiger partial charge in [0.05, 0.1) is 0 Å². The lowest BCUT2D eigenvalue weighted by Crippen LogP contribution is -2.46. The Labute approximate surface area is 125 Å². The van der Waals surface area contributed by atoms with Crippen LogP contribution < -0.4 is 9.80 Å². The summed E-state index contributed by atoms with van der Waals surface area (Å²) in [4.78, 5) is 26.0. The smallest absolute Gasteiger partial charge is 0.209 e. The molecular formula is C15H23N5O. The molecule has 0 aromatic carbocycles. The van der Waals surface area contributed by atoms with Gasteiger partial charge in [-0.05, 0) is 18.8 Å². The quantitative estimate of drug-likeness (QED) is 0.777. The molecule has 6 heteroatoms. The van der Waals surface area contributed by atoms with Crippen LogP contribution in [0.25, 0.3) is 0 Å². The van der Waals surface area contributed by atoms with E-state index in [4.69, 9.17) is 0 Å². The van der Waals surface area contributed by atoms with Gasteiger partial charge in [0.2, 0.25) is 6.41 Å². The average Bonchev–Trinajstić information content (AvgIpc) is 2.55. The van der Waals surface area contributed by atoms with Crippen molar-refractivity contribution in [2.75, 3.05) is 49.1 Å². The molecule has 6 nitrogen and oxygen atoms in total. The molecule has 0 spiro atoms. The third-order valence-corrected chi connectivity index (χ3v) is 4.41. The lowest BCUT2D eigenvalue weighted by molar-refractivity contribution is -0.118. The highest BCUT2D eigenvalue weighted by molar-refractivity contribution is 5.52. The summed E-state index contributed by atoms with van der Waals surface area (Å²) in [6, 6.07) is 2.09. The molecule has 2 saturated heterocycles. The lowest BCUT2D eigenvalue weighted by atomic mass is 10.0. The van der Waals surface area contributed by atoms with Gasteiger partial charge in [-0.2, -0.15) is 0 Å². The van der Waals surface area contributed by atoms with E-state index in [2.05, 4.69) is 32.8 Å². The van der Waals surface area contributed by atoms with Gasteiger partial charge in [0, 0.05) is 45.3 Å². The summed E-state index contributed by atoms with van der Waals surface area (Å²) >= 11 is 0. The summed E-state index contributed by atoms with van der Waals surface area (Å²) in [5, 5.41) is 0. The van der Waals surface area contributed by atoms with Crippen molar-refractivity contribution in [3.63, 3.8) is 0 Å². The largest absolute Gasteiger partial charge is 0.356 e. The predicted molar refractivity (Wildman–Crippen MR) is 82.5 cm³/mol. The Kier molecular flexibility index (Phi) is 4.22. The van der Waals surface area contributed by atoms with Gasteiger partial charge < -0.3 is 14.7 Å². The van der Waals surface area contributed by atoms with Gasteiger partial charge >= 0.3 is 0 Å². The third-order valence-electron chi connectivity index (χ3n) is 4.41. The molecule has 0 radical (unpaired) electrons. The van der Waals surface area contributed by atoms with E-state index in [0.29, 0.717) is 0 Å². The summed E-state index contributed by atoms with van der Waals surface area (Å²) in [6.07, 6.45) is 5.13. The number of rotatable bonds is 3. The Balaban J connectivity index is 1.70. The molecule has 2 aliphatic heterocycles. The molecule has 0 aliphatic carbocycles. The van der Waals surface area contributed by atoms with Crippen LogP contribution in [-0.2, 0) is 4.79 Å². The highest BCUT2D eigenvalue weighted by Gasteiger charge is 2.20. The number of hydrogen-bond donors (Lipinski definition) is 0. The molecule has 114 valence electrons. The highest BCUT2D eigenvalue weighted by Crippen LogP contribution is 2.23. The first kappa shape index (κ1) is 14.1. The fourth-order valence-electron chi connectivity index (χ4n) is 3.14. The summed E-state index contributed by atoms with van der Waals surface area (Å²) in [5.41, 5.74) is 0. The molecule has 3 rings (SSSR count). The van der Waals surface area contributed by atoms with E-state index < -0.39 is 0 Å². The molecule has 21 heavy (non-hydrogen) atoms. The van der Waals surface area contributed by atoms with Crippen molar-refractivity contribution in [1.82, 2.24) is 14.9 Å². The van der Waals surface area contributed by atoms with Crippen LogP contribution in [0.15, 0.2) is 12.4 Å². The van der Waals surface area contributed by atoms with Crippen LogP contribution in [0, 0.1) is 5.92 Å². The molecule has 1 atom stereocenters. The zero-order valence-corrected chi connectivity index (χ0v) is 12.6. The Morgan fingerprint density at radius 2 is 1.81 bits per heavy atom. The summed E-state index contributed by atoms with van der Waals surface area (Å²) < 4.78 is 0. The van der Waals surface area contributed by atoms with Crippen molar-refractivity contribution in [2.45, 2.75) is 19.8 Å². The second-order valence-electron chi connectivity index (χ2n) is 6.06. The normalized spacial score (nSPS) is 23.3. The zero-order valence-electron chi connectivity index (χ0n) is 12.6. The Morgan fingerprint density at radius 1 is 1.10 bits per heavy atom. The van der Waals surface area contributed by atoms with Gasteiger partial charge in [-0.3, -0.25) is 4.79 Å². The van der Waals surface area contributed by atoms with Crippen molar-refractivity contribution in [2.24, 2.45) is 5.92 Å². The standard InChI is InChI=1S/C15H23N5O/c1-13-3-2-4-20(10-13)15-9-14(16-11-17-15)19-7-5-18(12-21)6-8-19/h9,11-13H,2-8,10H2,1H3. The minimum absolute atomic E-state index is 0.730. The van der Waals surface area contributed by atoms with Crippen molar-refractivity contribution >= 4 is 18.0 Å². The fraction of sp³-hybridized carbons (Fsp3) is 0.667. The molecule has 2 fully saturated rings. The van der Waals surface area contributed by atoms with Crippen molar-refractivity contribution in [3.05, 3.63) is 12.4 Å². The number of aromatic nitrogens is 2. The monoisotopic (exact) mass is 289 g/mol. The van der Waals surface area contributed by atoms with E-state index in [-0.39, 0.29) is 0 Å². The van der Waals surface area contributed by atoms with Crippen LogP contribution >= 0.6 is 0 Å². The van der Waals surface area contributed by atoms with Crippen LogP contribution in [0.5, 0.6) is 0 Å². The minimum atomic E-state index is 0.730. The molecule has 1 amide bonds. The predicted octanol–water partition coefficient (Wildman–Crippen LogP) is 0.991. The number of amides is 1. The Bertz CT molecular complexity index is 487. The van der Waals surface area contributed by atoms with Gasteiger partial charge in [-0.15, -0.1) is 0 Å². The first-order valence-corrected chi connectivity index (χ1v) is 7.77. The number of carbonyl (C=O) groups is 1. The van der Waals surface area contributed by atoms with Gasteiger partial charge in [0.25, 0.3) is 0 Å². The van der Waals surface area contributed by atoms with Gasteiger partial charge in [-0.1, -0.05) is 6.92 Å². The average molecular weight is 289 g/mol. The number of nitrogens with zero attached hydrogens (tertiary/aromatic N) is 5. The van der Waals surface area contributed by atoms with Crippen molar-refractivity contribution < 1.29 is 4.79 Å². The van der Waals surface area contributed by atoms with Gasteiger partial charge in [0.1, 0.15) is 18.0 Å². The molecule has 0 saturated carbocycles. The van der Waals surface area contributed by atoms with E-state index >= 15 is 0 Å². The number of hydrogen-bond acceptors (Lipinski definition) is 5. The third kappa shape index (κ3) is 3.25. The lowest BCUT2D eigenvalue weighted by Gasteiger charge is -2.35. The number of piperidine rings is 1. The van der Waals surface area contributed by atoms with Crippen LogP contribution in [0.4, 0.5) is 11.6 Å². The topological polar surface area (TPSA) is 52.6 Å². The van der Waals surface area contributed by atoms with Crippen LogP contribution in [-0.4, -0.2) is 60.5 Å². The van der Waals surface area contributed by atoms with Crippen molar-refractivity contribution in [1.29, 1.82) is 0 Å². The second kappa shape index (κ2) is 6.28. The van der Waals surface area contributed by atoms with E-state index in [1.165, 1.54) is 12.8 Å². The van der Waals surface area contributed by atoms with Crippen LogP contribution in [0.2, 0.25) is 0 Å². The molecule has 0 bridgehead atoms. The van der Waals surface area contributed by atoms with Gasteiger partial charge in [0.15, 0.2) is 0 Å². The van der Waals surface area contributed by atoms with E-state index in [0.717, 1.165) is 63.2 Å². The number of carbonyl (C=O) groups excluding carboxylic acids is 1. The van der Waals surface area contributed by atoms with Crippen LogP contribution in [0.3, 0.4) is 0 Å². The maximum Gasteiger partial charge on any atom is 0.209 e. The zero-order chi connectivity index (χ0) is 14.7. The SMILES string of the molecule is CC1CCCN(c2cc(N3CCN(C=O)CC3)ncn2)C1. The minimum Gasteiger partial charge on any atom is -0.356 e. The maximum absolute atomic E-state index is 10.8. The summed E-state index contributed by atoms with van der Waals surface area (Å²) in [5.74, 6) is 2.74. The first-order valence-electron chi connectivity index (χ1n) is 7.77. The summed E-state index contributed by atoms with van der Waals surface area (Å²) in [7, 11) is 0. The molecule has 1 aromatic heterocycles. The molecule has 1 unspecified atom stereocenters. The first-order chi connectivity index (χ1) is 10.3. The summed E-state index contributed by atoms with van der Waals surface area (Å²) in [6.45, 7) is 7.67. The van der Waals surface area contributed by atoms with Crippen LogP contribution in [0.1, 0.15) is 19.8 Å². The Hall–Kier alpha value is -1.85. The Morgan fingerprint density at radius 3 is 2.48 bits per heavy atom. The molecule has 0 N–H and O–H groups in total. The molecule has 1 aromatic rings. The number of piperazine rings is 1. The molecular weight excluding hydrogens is 266 g/mol. The van der Waals surface area contributed by atoms with Crippen molar-refractivity contribution in [3.8, 4) is 0 Å². The maximum atomic E-state index is 10.8. The highest BCUT2D eigenvalue weighted by atomic mass is 16.1.